The van der Waals surface area contributed by atoms with Crippen LogP contribution >= 0.6 is 15.9 Å². The van der Waals surface area contributed by atoms with Crippen molar-refractivity contribution in [2.45, 2.75) is 13.3 Å². The lowest BCUT2D eigenvalue weighted by Gasteiger charge is -1.99. The van der Waals surface area contributed by atoms with Crippen LogP contribution in [0.25, 0.3) is 22.6 Å². The van der Waals surface area contributed by atoms with E-state index in [4.69, 9.17) is 10.2 Å². The van der Waals surface area contributed by atoms with Crippen LogP contribution in [0.3, 0.4) is 0 Å². The van der Waals surface area contributed by atoms with Crippen molar-refractivity contribution < 1.29 is 4.42 Å². The Bertz CT molecular complexity index is 749. The molecule has 0 bridgehead atoms. The fourth-order valence-corrected chi connectivity index (χ4v) is 2.36. The number of nitrogens with two attached hydrogens (primary N) is 1. The first-order valence-electron chi connectivity index (χ1n) is 6.12. The largest absolute Gasteiger partial charge is 0.436 e. The first-order chi connectivity index (χ1) is 9.17. The van der Waals surface area contributed by atoms with Crippen LogP contribution in [0.5, 0.6) is 0 Å². The van der Waals surface area contributed by atoms with Gasteiger partial charge in [0.15, 0.2) is 5.58 Å². The van der Waals surface area contributed by atoms with Gasteiger partial charge in [-0.15, -0.1) is 0 Å². The van der Waals surface area contributed by atoms with E-state index in [1.54, 1.807) is 0 Å². The van der Waals surface area contributed by atoms with Gasteiger partial charge in [-0.05, 0) is 58.2 Å². The molecule has 3 aromatic rings. The van der Waals surface area contributed by atoms with Gasteiger partial charge in [-0.25, -0.2) is 4.98 Å². The number of rotatable bonds is 2. The molecule has 0 amide bonds. The molecule has 0 aliphatic carbocycles. The van der Waals surface area contributed by atoms with E-state index in [0.717, 1.165) is 27.6 Å². The summed E-state index contributed by atoms with van der Waals surface area (Å²) in [5.74, 6) is 0.615. The molecule has 2 aromatic carbocycles. The van der Waals surface area contributed by atoms with Crippen molar-refractivity contribution in [3.8, 4) is 11.5 Å². The molecule has 4 heteroatoms. The Morgan fingerprint density at radius 3 is 2.79 bits per heavy atom. The van der Waals surface area contributed by atoms with E-state index >= 15 is 0 Å². The summed E-state index contributed by atoms with van der Waals surface area (Å²) in [5, 5.41) is 0. The summed E-state index contributed by atoms with van der Waals surface area (Å²) in [5.41, 5.74) is 10.3. The van der Waals surface area contributed by atoms with E-state index in [-0.39, 0.29) is 0 Å². The summed E-state index contributed by atoms with van der Waals surface area (Å²) < 4.78 is 6.62. The van der Waals surface area contributed by atoms with Gasteiger partial charge in [0.25, 0.3) is 0 Å². The lowest BCUT2D eigenvalue weighted by molar-refractivity contribution is 0.620. The van der Waals surface area contributed by atoms with E-state index in [9.17, 15) is 0 Å². The Labute approximate surface area is 119 Å². The molecule has 2 N–H and O–H groups in total. The summed E-state index contributed by atoms with van der Waals surface area (Å²) in [6, 6.07) is 11.8. The molecular weight excluding hydrogens is 304 g/mol. The van der Waals surface area contributed by atoms with E-state index in [0.29, 0.717) is 11.6 Å². The maximum Gasteiger partial charge on any atom is 0.227 e. The predicted molar refractivity (Wildman–Crippen MR) is 80.9 cm³/mol. The van der Waals surface area contributed by atoms with Gasteiger partial charge in [-0.1, -0.05) is 13.0 Å². The topological polar surface area (TPSA) is 52.0 Å². The third-order valence-electron chi connectivity index (χ3n) is 3.11. The maximum atomic E-state index is 5.78. The van der Waals surface area contributed by atoms with E-state index in [1.165, 1.54) is 5.56 Å². The number of halogens is 1. The molecule has 0 unspecified atom stereocenters. The first-order valence-corrected chi connectivity index (χ1v) is 6.91. The molecule has 0 aliphatic heterocycles. The molecule has 96 valence electrons. The third kappa shape index (κ3) is 2.24. The maximum absolute atomic E-state index is 5.78. The number of aryl methyl sites for hydroxylation is 1. The normalized spacial score (nSPS) is 11.1. The average molecular weight is 317 g/mol. The summed E-state index contributed by atoms with van der Waals surface area (Å²) >= 11 is 3.42. The Morgan fingerprint density at radius 2 is 2.05 bits per heavy atom. The molecule has 19 heavy (non-hydrogen) atoms. The van der Waals surface area contributed by atoms with Crippen LogP contribution in [0.15, 0.2) is 45.3 Å². The van der Waals surface area contributed by atoms with Crippen molar-refractivity contribution in [1.82, 2.24) is 4.98 Å². The highest BCUT2D eigenvalue weighted by molar-refractivity contribution is 9.10. The SMILES string of the molecule is CCc1ccc2oc(-c3ccc(N)c(Br)c3)nc2c1. The van der Waals surface area contributed by atoms with Crippen LogP contribution < -0.4 is 5.73 Å². The standard InChI is InChI=1S/C15H13BrN2O/c1-2-9-3-6-14-13(7-9)18-15(19-14)10-4-5-12(17)11(16)8-10/h3-8H,2,17H2,1H3. The zero-order valence-electron chi connectivity index (χ0n) is 10.5. The summed E-state index contributed by atoms with van der Waals surface area (Å²) in [4.78, 5) is 4.53. The Hall–Kier alpha value is -1.81. The number of oxazole rings is 1. The zero-order valence-corrected chi connectivity index (χ0v) is 12.1. The number of nitrogens with zero attached hydrogens (tertiary/aromatic N) is 1. The summed E-state index contributed by atoms with van der Waals surface area (Å²) in [6.45, 7) is 2.12. The van der Waals surface area contributed by atoms with Crippen molar-refractivity contribution in [2.75, 3.05) is 5.73 Å². The Balaban J connectivity index is 2.11. The molecule has 0 spiro atoms. The molecule has 1 aromatic heterocycles. The quantitative estimate of drug-likeness (QED) is 0.713. The van der Waals surface area contributed by atoms with E-state index in [2.05, 4.69) is 40.0 Å². The fraction of sp³-hybridized carbons (Fsp3) is 0.133. The number of hydrogen-bond donors (Lipinski definition) is 1. The first kappa shape index (κ1) is 12.2. The molecule has 1 heterocycles. The van der Waals surface area contributed by atoms with Crippen molar-refractivity contribution >= 4 is 32.7 Å². The molecule has 0 aliphatic rings. The minimum atomic E-state index is 0.615. The van der Waals surface area contributed by atoms with Gasteiger partial charge in [0.2, 0.25) is 5.89 Å². The second kappa shape index (κ2) is 4.70. The lowest BCUT2D eigenvalue weighted by Crippen LogP contribution is -1.86. The van der Waals surface area contributed by atoms with Gasteiger partial charge >= 0.3 is 0 Å². The second-order valence-corrected chi connectivity index (χ2v) is 5.27. The Morgan fingerprint density at radius 1 is 1.21 bits per heavy atom. The number of hydrogen-bond acceptors (Lipinski definition) is 3. The average Bonchev–Trinajstić information content (AvgIpc) is 2.84. The monoisotopic (exact) mass is 316 g/mol. The van der Waals surface area contributed by atoms with Gasteiger partial charge in [-0.2, -0.15) is 0 Å². The number of anilines is 1. The van der Waals surface area contributed by atoms with Crippen molar-refractivity contribution in [1.29, 1.82) is 0 Å². The molecular formula is C15H13BrN2O. The molecule has 0 atom stereocenters. The van der Waals surface area contributed by atoms with Gasteiger partial charge in [0, 0.05) is 15.7 Å². The molecule has 3 rings (SSSR count). The highest BCUT2D eigenvalue weighted by Crippen LogP contribution is 2.29. The van der Waals surface area contributed by atoms with Gasteiger partial charge in [0.05, 0.1) is 0 Å². The smallest absolute Gasteiger partial charge is 0.227 e. The number of fused-ring (bicyclic) bond motifs is 1. The van der Waals surface area contributed by atoms with Crippen molar-refractivity contribution in [3.63, 3.8) is 0 Å². The second-order valence-electron chi connectivity index (χ2n) is 4.41. The predicted octanol–water partition coefficient (Wildman–Crippen LogP) is 4.40. The Kier molecular flexibility index (Phi) is 3.03. The lowest BCUT2D eigenvalue weighted by atomic mass is 10.1. The molecule has 0 fully saturated rings. The highest BCUT2D eigenvalue weighted by atomic mass is 79.9. The van der Waals surface area contributed by atoms with Crippen LogP contribution in [0.4, 0.5) is 5.69 Å². The van der Waals surface area contributed by atoms with Crippen molar-refractivity contribution in [2.24, 2.45) is 0 Å². The zero-order chi connectivity index (χ0) is 13.4. The number of benzene rings is 2. The fourth-order valence-electron chi connectivity index (χ4n) is 1.98. The molecule has 0 radical (unpaired) electrons. The molecule has 0 saturated carbocycles. The van der Waals surface area contributed by atoms with Crippen LogP contribution in [0.2, 0.25) is 0 Å². The van der Waals surface area contributed by atoms with Crippen LogP contribution in [0.1, 0.15) is 12.5 Å². The third-order valence-corrected chi connectivity index (χ3v) is 3.79. The molecule has 3 nitrogen and oxygen atoms in total. The number of nitrogen functional groups attached to an aromatic ring is 1. The summed E-state index contributed by atoms with van der Waals surface area (Å²) in [7, 11) is 0. The van der Waals surface area contributed by atoms with Crippen LogP contribution in [-0.4, -0.2) is 4.98 Å². The molecule has 0 saturated heterocycles. The van der Waals surface area contributed by atoms with E-state index < -0.39 is 0 Å². The minimum absolute atomic E-state index is 0.615. The van der Waals surface area contributed by atoms with E-state index in [1.807, 2.05) is 24.3 Å². The van der Waals surface area contributed by atoms with Gasteiger partial charge in [0.1, 0.15) is 5.52 Å². The van der Waals surface area contributed by atoms with Crippen LogP contribution in [0, 0.1) is 0 Å². The van der Waals surface area contributed by atoms with Gasteiger partial charge in [-0.3, -0.25) is 0 Å². The van der Waals surface area contributed by atoms with Gasteiger partial charge < -0.3 is 10.2 Å². The van der Waals surface area contributed by atoms with Crippen LogP contribution in [-0.2, 0) is 6.42 Å². The summed E-state index contributed by atoms with van der Waals surface area (Å²) in [6.07, 6.45) is 0.992. The minimum Gasteiger partial charge on any atom is -0.436 e. The number of aromatic nitrogens is 1. The highest BCUT2D eigenvalue weighted by Gasteiger charge is 2.09. The van der Waals surface area contributed by atoms with Crippen molar-refractivity contribution in [3.05, 3.63) is 46.4 Å².